The van der Waals surface area contributed by atoms with Crippen molar-refractivity contribution in [2.45, 2.75) is 19.3 Å². The van der Waals surface area contributed by atoms with E-state index in [0.717, 1.165) is 5.69 Å². The molecule has 0 bridgehead atoms. The monoisotopic (exact) mass is 691 g/mol. The Hall–Kier alpha value is -6.88. The molecule has 1 spiro atoms. The molecule has 258 valence electrons. The molecule has 0 fully saturated rings. The van der Waals surface area contributed by atoms with Crippen LogP contribution in [-0.2, 0) is 5.41 Å². The Morgan fingerprint density at radius 2 is 1.09 bits per heavy atom. The SMILES string of the molecule is C#C.C/C=C\c1c(C)cc(\C2=C/C=C\C=C\Nc3ccccc3C23c2cc(-c4ccccc4)ccc2-c2ccc(-c4ccccc4)cc23)c2ccccc12. The summed E-state index contributed by atoms with van der Waals surface area (Å²) in [6, 6.07) is 56.1. The fourth-order valence-electron chi connectivity index (χ4n) is 8.58. The van der Waals surface area contributed by atoms with E-state index in [1.54, 1.807) is 0 Å². The highest BCUT2D eigenvalue weighted by Gasteiger charge is 2.49. The first-order valence-electron chi connectivity index (χ1n) is 18.5. The average molecular weight is 692 g/mol. The van der Waals surface area contributed by atoms with Crippen LogP contribution in [-0.4, -0.2) is 0 Å². The molecule has 0 aromatic heterocycles. The second-order valence-corrected chi connectivity index (χ2v) is 13.7. The lowest BCUT2D eigenvalue weighted by molar-refractivity contribution is 0.831. The van der Waals surface area contributed by atoms with E-state index < -0.39 is 5.41 Å². The van der Waals surface area contributed by atoms with E-state index >= 15 is 0 Å². The molecule has 2 aliphatic rings. The number of anilines is 1. The first-order valence-corrected chi connectivity index (χ1v) is 18.5. The summed E-state index contributed by atoms with van der Waals surface area (Å²) in [7, 11) is 0. The maximum Gasteiger partial charge on any atom is 0.0740 e. The van der Waals surface area contributed by atoms with Crippen molar-refractivity contribution in [3.05, 3.63) is 222 Å². The molecule has 1 aliphatic carbocycles. The zero-order chi connectivity index (χ0) is 37.1. The van der Waals surface area contributed by atoms with E-state index in [1.165, 1.54) is 83.1 Å². The van der Waals surface area contributed by atoms with Crippen LogP contribution in [0.15, 0.2) is 188 Å². The largest absolute Gasteiger partial charge is 0.361 e. The van der Waals surface area contributed by atoms with E-state index in [1.807, 2.05) is 6.20 Å². The van der Waals surface area contributed by atoms with Crippen molar-refractivity contribution in [3.63, 3.8) is 0 Å². The predicted octanol–water partition coefficient (Wildman–Crippen LogP) is 13.7. The third-order valence-electron chi connectivity index (χ3n) is 10.8. The molecule has 1 heteroatoms. The van der Waals surface area contributed by atoms with Gasteiger partial charge in [0.25, 0.3) is 0 Å². The highest BCUT2D eigenvalue weighted by atomic mass is 14.8. The molecular weight excluding hydrogens is 651 g/mol. The molecule has 0 atom stereocenters. The smallest absolute Gasteiger partial charge is 0.0740 e. The maximum atomic E-state index is 4.00. The van der Waals surface area contributed by atoms with Crippen LogP contribution in [0.2, 0.25) is 0 Å². The van der Waals surface area contributed by atoms with Gasteiger partial charge >= 0.3 is 0 Å². The van der Waals surface area contributed by atoms with Gasteiger partial charge in [-0.15, -0.1) is 12.8 Å². The van der Waals surface area contributed by atoms with Crippen LogP contribution in [0.25, 0.3) is 55.8 Å². The number of terminal acetylenes is 1. The number of para-hydroxylation sites is 1. The summed E-state index contributed by atoms with van der Waals surface area (Å²) in [6.07, 6.45) is 23.3. The third kappa shape index (κ3) is 5.61. The van der Waals surface area contributed by atoms with Gasteiger partial charge in [-0.05, 0) is 121 Å². The Bertz CT molecular complexity index is 2560. The van der Waals surface area contributed by atoms with Crippen LogP contribution in [0.5, 0.6) is 0 Å². The van der Waals surface area contributed by atoms with Crippen LogP contribution in [0.1, 0.15) is 40.3 Å². The molecule has 1 heterocycles. The predicted molar refractivity (Wildman–Crippen MR) is 232 cm³/mol. The number of benzene rings is 7. The normalized spacial score (nSPS) is 15.8. The topological polar surface area (TPSA) is 12.0 Å². The second-order valence-electron chi connectivity index (χ2n) is 13.7. The van der Waals surface area contributed by atoms with Crippen molar-refractivity contribution in [2.75, 3.05) is 5.32 Å². The van der Waals surface area contributed by atoms with E-state index in [-0.39, 0.29) is 0 Å². The lowest BCUT2D eigenvalue weighted by Crippen LogP contribution is -2.30. The minimum absolute atomic E-state index is 0.684. The van der Waals surface area contributed by atoms with Gasteiger partial charge in [0, 0.05) is 11.9 Å². The molecule has 54 heavy (non-hydrogen) atoms. The minimum atomic E-state index is -0.684. The van der Waals surface area contributed by atoms with Gasteiger partial charge in [0.15, 0.2) is 0 Å². The molecule has 0 radical (unpaired) electrons. The summed E-state index contributed by atoms with van der Waals surface area (Å²) < 4.78 is 0. The number of fused-ring (bicyclic) bond motifs is 8. The molecule has 1 N–H and O–H groups in total. The highest BCUT2D eigenvalue weighted by Crippen LogP contribution is 2.62. The van der Waals surface area contributed by atoms with Gasteiger partial charge in [-0.25, -0.2) is 0 Å². The number of allylic oxidation sites excluding steroid dienone is 6. The summed E-state index contributed by atoms with van der Waals surface area (Å²) in [5, 5.41) is 6.22. The second kappa shape index (κ2) is 14.6. The van der Waals surface area contributed by atoms with Crippen LogP contribution in [0.4, 0.5) is 5.69 Å². The molecule has 1 aliphatic heterocycles. The van der Waals surface area contributed by atoms with Gasteiger partial charge in [0.1, 0.15) is 0 Å². The van der Waals surface area contributed by atoms with Crippen molar-refractivity contribution in [1.29, 1.82) is 0 Å². The van der Waals surface area contributed by atoms with E-state index in [0.29, 0.717) is 0 Å². The van der Waals surface area contributed by atoms with E-state index in [4.69, 9.17) is 0 Å². The van der Waals surface area contributed by atoms with E-state index in [2.05, 4.69) is 220 Å². The lowest BCUT2D eigenvalue weighted by Gasteiger charge is -2.38. The zero-order valence-corrected chi connectivity index (χ0v) is 30.6. The zero-order valence-electron chi connectivity index (χ0n) is 30.6. The van der Waals surface area contributed by atoms with Gasteiger partial charge in [0.05, 0.1) is 5.41 Å². The Balaban J connectivity index is 0.00000203. The summed E-state index contributed by atoms with van der Waals surface area (Å²) in [6.45, 7) is 4.36. The van der Waals surface area contributed by atoms with Gasteiger partial charge in [0.2, 0.25) is 0 Å². The highest BCUT2D eigenvalue weighted by molar-refractivity contribution is 6.06. The average Bonchev–Trinajstić information content (AvgIpc) is 3.52. The molecule has 7 aromatic carbocycles. The third-order valence-corrected chi connectivity index (χ3v) is 10.8. The summed E-state index contributed by atoms with van der Waals surface area (Å²) in [4.78, 5) is 0. The van der Waals surface area contributed by atoms with Crippen molar-refractivity contribution in [3.8, 4) is 46.2 Å². The first kappa shape index (κ1) is 34.2. The lowest BCUT2D eigenvalue weighted by atomic mass is 9.63. The molecule has 0 amide bonds. The van der Waals surface area contributed by atoms with Crippen LogP contribution >= 0.6 is 0 Å². The first-order chi connectivity index (χ1) is 26.7. The fourth-order valence-corrected chi connectivity index (χ4v) is 8.58. The van der Waals surface area contributed by atoms with Gasteiger partial charge in [-0.1, -0.05) is 164 Å². The summed E-state index contributed by atoms with van der Waals surface area (Å²) in [5.41, 5.74) is 16.5. The maximum absolute atomic E-state index is 4.00. The molecule has 0 saturated heterocycles. The number of rotatable bonds is 4. The molecule has 9 rings (SSSR count). The molecular formula is C53H41N. The van der Waals surface area contributed by atoms with Crippen molar-refractivity contribution < 1.29 is 0 Å². The Morgan fingerprint density at radius 1 is 0.519 bits per heavy atom. The summed E-state index contributed by atoms with van der Waals surface area (Å²) >= 11 is 0. The molecule has 0 saturated carbocycles. The number of aryl methyl sites for hydroxylation is 1. The van der Waals surface area contributed by atoms with Crippen molar-refractivity contribution in [1.82, 2.24) is 0 Å². The quantitative estimate of drug-likeness (QED) is 0.181. The molecule has 0 unspecified atom stereocenters. The van der Waals surface area contributed by atoms with Crippen LogP contribution in [0.3, 0.4) is 0 Å². The van der Waals surface area contributed by atoms with Gasteiger partial charge < -0.3 is 5.32 Å². The van der Waals surface area contributed by atoms with Gasteiger partial charge in [-0.3, -0.25) is 0 Å². The molecule has 1 nitrogen and oxygen atoms in total. The standard InChI is InChI=1S/C51H39N.C2H2/c1-3-17-40-35(2)32-45(42-23-13-12-22-41(40)42)46-24-11-6-16-31-52-50-26-15-14-25-47(50)51(46)48-33-38(36-18-7-4-8-19-36)27-29-43(48)44-30-28-39(34-49(44)51)37-20-9-5-10-21-37;1-2/h3-34,52H,1-2H3;1-2H/b11-6-,17-3-,31-16+,46-24+;. The van der Waals surface area contributed by atoms with Crippen molar-refractivity contribution in [2.24, 2.45) is 0 Å². The Kier molecular flexibility index (Phi) is 9.27. The van der Waals surface area contributed by atoms with Gasteiger partial charge in [-0.2, -0.15) is 0 Å². The Morgan fingerprint density at radius 3 is 1.72 bits per heavy atom. The Labute approximate surface area is 319 Å². The van der Waals surface area contributed by atoms with Crippen LogP contribution in [0, 0.1) is 19.8 Å². The van der Waals surface area contributed by atoms with E-state index in [9.17, 15) is 0 Å². The number of hydrogen-bond acceptors (Lipinski definition) is 1. The summed E-state index contributed by atoms with van der Waals surface area (Å²) in [5.74, 6) is 0. The number of nitrogens with one attached hydrogen (secondary N) is 1. The molecule has 7 aromatic rings. The fraction of sp³-hybridized carbons (Fsp3) is 0.0566. The van der Waals surface area contributed by atoms with Crippen molar-refractivity contribution >= 4 is 28.1 Å². The number of hydrogen-bond donors (Lipinski definition) is 1. The minimum Gasteiger partial charge on any atom is -0.361 e. The van der Waals surface area contributed by atoms with Crippen LogP contribution < -0.4 is 5.32 Å².